The smallest absolute Gasteiger partial charge is 0.335 e. The van der Waals surface area contributed by atoms with E-state index in [1.807, 2.05) is 65.6 Å². The molecule has 0 spiro atoms. The van der Waals surface area contributed by atoms with Crippen LogP contribution in [0, 0.1) is 5.92 Å². The highest BCUT2D eigenvalue weighted by Crippen LogP contribution is 2.41. The Morgan fingerprint density at radius 3 is 2.22 bits per heavy atom. The molecule has 0 aliphatic heterocycles. The molecule has 7 heteroatoms. The summed E-state index contributed by atoms with van der Waals surface area (Å²) in [4.78, 5) is 39.9. The Hall–Kier alpha value is -4.91. The lowest BCUT2D eigenvalue weighted by molar-refractivity contribution is -0.135. The van der Waals surface area contributed by atoms with Crippen LogP contribution in [0.15, 0.2) is 109 Å². The van der Waals surface area contributed by atoms with Gasteiger partial charge in [-0.15, -0.1) is 0 Å². The van der Waals surface area contributed by atoms with Gasteiger partial charge in [-0.1, -0.05) is 91.0 Å². The molecule has 0 heterocycles. The molecular weight excluding hydrogens is 514 g/mol. The maximum Gasteiger partial charge on any atom is 0.335 e. The molecule has 41 heavy (non-hydrogen) atoms. The first-order chi connectivity index (χ1) is 20.0. The Labute approximate surface area is 239 Å². The summed E-state index contributed by atoms with van der Waals surface area (Å²) < 4.78 is 0. The first-order valence-electron chi connectivity index (χ1n) is 13.8. The monoisotopic (exact) mass is 547 g/mol. The molecule has 2 unspecified atom stereocenters. The lowest BCUT2D eigenvalue weighted by Gasteiger charge is -2.42. The normalized spacial score (nSPS) is 15.8. The molecule has 3 amide bonds. The zero-order valence-electron chi connectivity index (χ0n) is 22.7. The van der Waals surface area contributed by atoms with Crippen LogP contribution in [-0.2, 0) is 24.2 Å². The number of carbonyl (C=O) groups is 3. The fourth-order valence-electron chi connectivity index (χ4n) is 5.64. The highest BCUT2D eigenvalue weighted by atomic mass is 16.4. The maximum atomic E-state index is 14.0. The summed E-state index contributed by atoms with van der Waals surface area (Å²) in [6, 6.07) is 33.8. The Balaban J connectivity index is 1.40. The van der Waals surface area contributed by atoms with Gasteiger partial charge in [-0.3, -0.25) is 4.79 Å². The van der Waals surface area contributed by atoms with Crippen molar-refractivity contribution in [3.63, 3.8) is 0 Å². The van der Waals surface area contributed by atoms with E-state index in [0.717, 1.165) is 30.4 Å². The molecule has 3 N–H and O–H groups in total. The number of rotatable bonds is 9. The van der Waals surface area contributed by atoms with Crippen molar-refractivity contribution < 1.29 is 19.5 Å². The van der Waals surface area contributed by atoms with E-state index in [1.54, 1.807) is 12.1 Å². The fourth-order valence-corrected chi connectivity index (χ4v) is 5.64. The minimum Gasteiger partial charge on any atom is -0.478 e. The molecule has 7 nitrogen and oxygen atoms in total. The van der Waals surface area contributed by atoms with Gasteiger partial charge in [-0.2, -0.15) is 0 Å². The Morgan fingerprint density at radius 1 is 0.805 bits per heavy atom. The van der Waals surface area contributed by atoms with E-state index in [0.29, 0.717) is 12.2 Å². The fraction of sp³-hybridized carbons (Fsp3) is 0.206. The zero-order valence-corrected chi connectivity index (χ0v) is 22.7. The second kappa shape index (κ2) is 13.0. The third-order valence-electron chi connectivity index (χ3n) is 7.56. The average Bonchev–Trinajstić information content (AvgIpc) is 3.00. The van der Waals surface area contributed by atoms with Gasteiger partial charge >= 0.3 is 12.0 Å². The van der Waals surface area contributed by atoms with Crippen LogP contribution in [0.4, 0.5) is 10.5 Å². The molecule has 0 fully saturated rings. The summed E-state index contributed by atoms with van der Waals surface area (Å²) in [7, 11) is 0. The lowest BCUT2D eigenvalue weighted by atomic mass is 9.76. The number of nitrogens with zero attached hydrogens (tertiary/aromatic N) is 1. The largest absolute Gasteiger partial charge is 0.478 e. The number of nitrogens with one attached hydrogen (secondary N) is 2. The SMILES string of the molecule is O=C(NCC(=O)N(Cc1ccccc1)C1c2ccccc2CCC1Cc1ccccc1)Nc1cccc(C(=O)O)c1. The van der Waals surface area contributed by atoms with Crippen molar-refractivity contribution in [1.82, 2.24) is 10.2 Å². The lowest BCUT2D eigenvalue weighted by Crippen LogP contribution is -2.46. The number of urea groups is 1. The van der Waals surface area contributed by atoms with Gasteiger partial charge in [0.1, 0.15) is 0 Å². The molecule has 1 aliphatic rings. The van der Waals surface area contributed by atoms with Gasteiger partial charge in [0.05, 0.1) is 18.2 Å². The molecule has 1 aliphatic carbocycles. The summed E-state index contributed by atoms with van der Waals surface area (Å²) >= 11 is 0. The van der Waals surface area contributed by atoms with Crippen LogP contribution >= 0.6 is 0 Å². The number of aromatic carboxylic acids is 1. The Morgan fingerprint density at radius 2 is 1.49 bits per heavy atom. The minimum atomic E-state index is -1.08. The third kappa shape index (κ3) is 7.00. The van der Waals surface area contributed by atoms with E-state index in [2.05, 4.69) is 34.9 Å². The van der Waals surface area contributed by atoms with E-state index in [9.17, 15) is 19.5 Å². The predicted molar refractivity (Wildman–Crippen MR) is 159 cm³/mol. The summed E-state index contributed by atoms with van der Waals surface area (Å²) in [6.07, 6.45) is 2.74. The van der Waals surface area contributed by atoms with Gasteiger partial charge in [0.15, 0.2) is 0 Å². The van der Waals surface area contributed by atoms with Gasteiger partial charge in [0, 0.05) is 12.2 Å². The third-order valence-corrected chi connectivity index (χ3v) is 7.56. The van der Waals surface area contributed by atoms with Gasteiger partial charge in [0.25, 0.3) is 0 Å². The second-order valence-electron chi connectivity index (χ2n) is 10.3. The maximum absolute atomic E-state index is 14.0. The van der Waals surface area contributed by atoms with Crippen molar-refractivity contribution in [2.45, 2.75) is 31.8 Å². The van der Waals surface area contributed by atoms with E-state index >= 15 is 0 Å². The highest BCUT2D eigenvalue weighted by molar-refractivity contribution is 5.94. The van der Waals surface area contributed by atoms with E-state index in [1.165, 1.54) is 23.3 Å². The Bertz CT molecular complexity index is 1510. The van der Waals surface area contributed by atoms with Crippen LogP contribution in [0.25, 0.3) is 0 Å². The molecular formula is C34H33N3O4. The Kier molecular flexibility index (Phi) is 8.74. The summed E-state index contributed by atoms with van der Waals surface area (Å²) in [5.41, 5.74) is 5.04. The standard InChI is InChI=1S/C34H33N3O4/c38-31(22-35-34(41)36-29-16-9-15-28(21-29)33(39)40)37(23-25-12-5-2-6-13-25)32-27(20-24-10-3-1-4-11-24)19-18-26-14-7-8-17-30(26)32/h1-17,21,27,32H,18-20,22-23H2,(H,39,40)(H2,35,36,41). The van der Waals surface area contributed by atoms with Gasteiger partial charge in [-0.25, -0.2) is 9.59 Å². The van der Waals surface area contributed by atoms with Gasteiger partial charge in [0.2, 0.25) is 5.91 Å². The number of hydrogen-bond donors (Lipinski definition) is 3. The van der Waals surface area contributed by atoms with E-state index in [4.69, 9.17) is 0 Å². The number of aryl methyl sites for hydroxylation is 1. The molecule has 4 aromatic carbocycles. The molecule has 5 rings (SSSR count). The molecule has 0 saturated carbocycles. The van der Waals surface area contributed by atoms with Crippen LogP contribution in [0.1, 0.15) is 45.1 Å². The number of anilines is 1. The molecule has 2 atom stereocenters. The highest BCUT2D eigenvalue weighted by Gasteiger charge is 2.36. The van der Waals surface area contributed by atoms with Crippen molar-refractivity contribution >= 4 is 23.6 Å². The number of fused-ring (bicyclic) bond motifs is 1. The van der Waals surface area contributed by atoms with Crippen LogP contribution in [-0.4, -0.2) is 34.5 Å². The van der Waals surface area contributed by atoms with Crippen molar-refractivity contribution in [2.24, 2.45) is 5.92 Å². The average molecular weight is 548 g/mol. The summed E-state index contributed by atoms with van der Waals surface area (Å²) in [5.74, 6) is -1.07. The molecule has 4 aromatic rings. The number of carboxylic acid groups (broad SMARTS) is 1. The number of hydrogen-bond acceptors (Lipinski definition) is 3. The summed E-state index contributed by atoms with van der Waals surface area (Å²) in [5, 5.41) is 14.5. The second-order valence-corrected chi connectivity index (χ2v) is 10.3. The van der Waals surface area contributed by atoms with Crippen molar-refractivity contribution in [1.29, 1.82) is 0 Å². The number of carbonyl (C=O) groups excluding carboxylic acids is 2. The van der Waals surface area contributed by atoms with Gasteiger partial charge < -0.3 is 20.6 Å². The predicted octanol–water partition coefficient (Wildman–Crippen LogP) is 6.08. The van der Waals surface area contributed by atoms with Crippen LogP contribution in [0.2, 0.25) is 0 Å². The van der Waals surface area contributed by atoms with Crippen LogP contribution in [0.5, 0.6) is 0 Å². The number of amides is 3. The number of carboxylic acids is 1. The molecule has 0 aromatic heterocycles. The minimum absolute atomic E-state index is 0.0633. The van der Waals surface area contributed by atoms with E-state index < -0.39 is 12.0 Å². The molecule has 0 saturated heterocycles. The van der Waals surface area contributed by atoms with Crippen LogP contribution in [0.3, 0.4) is 0 Å². The van der Waals surface area contributed by atoms with E-state index in [-0.39, 0.29) is 30.0 Å². The zero-order chi connectivity index (χ0) is 28.6. The molecule has 0 radical (unpaired) electrons. The first-order valence-corrected chi connectivity index (χ1v) is 13.8. The quantitative estimate of drug-likeness (QED) is 0.236. The topological polar surface area (TPSA) is 98.7 Å². The van der Waals surface area contributed by atoms with Gasteiger partial charge in [-0.05, 0) is 65.6 Å². The summed E-state index contributed by atoms with van der Waals surface area (Å²) in [6.45, 7) is 0.210. The molecule has 208 valence electrons. The number of benzene rings is 4. The molecule has 0 bridgehead atoms. The first kappa shape index (κ1) is 27.6. The van der Waals surface area contributed by atoms with Crippen LogP contribution < -0.4 is 10.6 Å². The van der Waals surface area contributed by atoms with Crippen molar-refractivity contribution in [3.05, 3.63) is 137 Å². The van der Waals surface area contributed by atoms with Crippen molar-refractivity contribution in [3.8, 4) is 0 Å². The van der Waals surface area contributed by atoms with Crippen molar-refractivity contribution in [2.75, 3.05) is 11.9 Å².